The van der Waals surface area contributed by atoms with E-state index in [1.165, 1.54) is 0 Å². The first-order chi connectivity index (χ1) is 10.3. The predicted octanol–water partition coefficient (Wildman–Crippen LogP) is 2.44. The topological polar surface area (TPSA) is 59.2 Å². The van der Waals surface area contributed by atoms with Crippen LogP contribution in [0.15, 0.2) is 42.0 Å². The van der Waals surface area contributed by atoms with Crippen molar-refractivity contribution in [2.24, 2.45) is 5.10 Å². The number of benzene rings is 1. The Kier molecular flexibility index (Phi) is 3.92. The molecule has 1 aromatic carbocycles. The average molecular weight is 300 g/mol. The molecule has 0 atom stereocenters. The zero-order valence-electron chi connectivity index (χ0n) is 12.0. The molecule has 2 aromatic heterocycles. The third-order valence-corrected chi connectivity index (χ3v) is 4.20. The fourth-order valence-electron chi connectivity index (χ4n) is 2.09. The Morgan fingerprint density at radius 1 is 1.19 bits per heavy atom. The molecule has 0 aliphatic rings. The number of hydrogen-bond acceptors (Lipinski definition) is 5. The maximum atomic E-state index is 4.70. The molecule has 6 nitrogen and oxygen atoms in total. The van der Waals surface area contributed by atoms with Gasteiger partial charge in [-0.3, -0.25) is 0 Å². The van der Waals surface area contributed by atoms with Crippen LogP contribution >= 0.6 is 11.3 Å². The van der Waals surface area contributed by atoms with E-state index in [4.69, 9.17) is 4.98 Å². The number of rotatable bonds is 4. The summed E-state index contributed by atoms with van der Waals surface area (Å²) in [6, 6.07) is 8.13. The minimum Gasteiger partial charge on any atom is -0.353 e. The highest BCUT2D eigenvalue weighted by atomic mass is 32.1. The van der Waals surface area contributed by atoms with Crippen molar-refractivity contribution in [3.63, 3.8) is 0 Å². The van der Waals surface area contributed by atoms with E-state index < -0.39 is 0 Å². The zero-order chi connectivity index (χ0) is 14.7. The Balaban J connectivity index is 2.09. The molecule has 0 aliphatic carbocycles. The van der Waals surface area contributed by atoms with Crippen LogP contribution < -0.4 is 0 Å². The zero-order valence-corrected chi connectivity index (χ0v) is 12.8. The molecule has 108 valence electrons. The normalized spacial score (nSPS) is 12.0. The second-order valence-corrected chi connectivity index (χ2v) is 5.46. The largest absolute Gasteiger partial charge is 0.353 e. The van der Waals surface area contributed by atoms with E-state index in [0.29, 0.717) is 0 Å². The predicted molar refractivity (Wildman–Crippen MR) is 84.5 cm³/mol. The lowest BCUT2D eigenvalue weighted by atomic mass is 10.3. The van der Waals surface area contributed by atoms with Crippen LogP contribution in [0.2, 0.25) is 0 Å². The van der Waals surface area contributed by atoms with Crippen molar-refractivity contribution in [2.45, 2.75) is 13.8 Å². The highest BCUT2D eigenvalue weighted by molar-refractivity contribution is 7.20. The second kappa shape index (κ2) is 6.01. The van der Waals surface area contributed by atoms with E-state index in [1.54, 1.807) is 28.7 Å². The number of hydrogen-bond donors (Lipinski definition) is 0. The number of fused-ring (bicyclic) bond motifs is 1. The molecule has 0 aliphatic heterocycles. The van der Waals surface area contributed by atoms with Gasteiger partial charge < -0.3 is 4.90 Å². The first-order valence-corrected chi connectivity index (χ1v) is 7.68. The van der Waals surface area contributed by atoms with Gasteiger partial charge in [-0.05, 0) is 26.0 Å². The van der Waals surface area contributed by atoms with Crippen molar-refractivity contribution >= 4 is 27.4 Å². The Morgan fingerprint density at radius 2 is 1.90 bits per heavy atom. The average Bonchev–Trinajstić information content (AvgIpc) is 3.16. The lowest BCUT2D eigenvalue weighted by molar-refractivity contribution is 0.461. The van der Waals surface area contributed by atoms with Gasteiger partial charge in [-0.2, -0.15) is 0 Å². The Hall–Kier alpha value is -2.28. The third kappa shape index (κ3) is 2.78. The number of amidine groups is 1. The summed E-state index contributed by atoms with van der Waals surface area (Å²) in [5.74, 6) is 0.848. The molecule has 0 saturated carbocycles. The number of nitrogens with zero attached hydrogens (tertiary/aromatic N) is 6. The molecule has 0 saturated heterocycles. The maximum Gasteiger partial charge on any atom is 0.185 e. The van der Waals surface area contributed by atoms with Crippen LogP contribution in [0.25, 0.3) is 10.2 Å². The van der Waals surface area contributed by atoms with Crippen LogP contribution in [-0.4, -0.2) is 43.7 Å². The Labute approximate surface area is 126 Å². The van der Waals surface area contributed by atoms with Crippen molar-refractivity contribution in [3.8, 4) is 0 Å². The molecule has 7 heteroatoms. The maximum absolute atomic E-state index is 4.70. The lowest BCUT2D eigenvalue weighted by Crippen LogP contribution is -2.32. The van der Waals surface area contributed by atoms with Gasteiger partial charge in [0, 0.05) is 13.1 Å². The number of thiazole rings is 1. The van der Waals surface area contributed by atoms with E-state index in [2.05, 4.69) is 40.1 Å². The Bertz CT molecular complexity index is 709. The molecule has 0 bridgehead atoms. The van der Waals surface area contributed by atoms with Gasteiger partial charge in [0.2, 0.25) is 0 Å². The van der Waals surface area contributed by atoms with Crippen molar-refractivity contribution in [1.29, 1.82) is 0 Å². The standard InChI is InChI=1S/C14H16N6S/c1-3-19(4-2)13(18-20-9-15-16-10-20)14-17-11-7-5-6-8-12(11)21-14/h5-10H,3-4H2,1-2H3/b18-13+. The molecular weight excluding hydrogens is 284 g/mol. The van der Waals surface area contributed by atoms with Crippen molar-refractivity contribution < 1.29 is 0 Å². The first-order valence-electron chi connectivity index (χ1n) is 6.86. The number of para-hydroxylation sites is 1. The third-order valence-electron chi connectivity index (χ3n) is 3.16. The minimum atomic E-state index is 0.848. The van der Waals surface area contributed by atoms with Crippen molar-refractivity contribution in [3.05, 3.63) is 41.9 Å². The smallest absolute Gasteiger partial charge is 0.185 e. The van der Waals surface area contributed by atoms with Crippen LogP contribution in [-0.2, 0) is 0 Å². The molecule has 0 radical (unpaired) electrons. The summed E-state index contributed by atoms with van der Waals surface area (Å²) in [6.07, 6.45) is 3.16. The quantitative estimate of drug-likeness (QED) is 0.548. The summed E-state index contributed by atoms with van der Waals surface area (Å²) < 4.78 is 2.77. The van der Waals surface area contributed by atoms with Gasteiger partial charge in [0.25, 0.3) is 0 Å². The summed E-state index contributed by atoms with van der Waals surface area (Å²) in [5.41, 5.74) is 1.00. The molecule has 0 spiro atoms. The lowest BCUT2D eigenvalue weighted by Gasteiger charge is -2.20. The van der Waals surface area contributed by atoms with Gasteiger partial charge in [0.05, 0.1) is 10.2 Å². The molecule has 0 amide bonds. The van der Waals surface area contributed by atoms with Gasteiger partial charge in [0.1, 0.15) is 12.7 Å². The fraction of sp³-hybridized carbons (Fsp3) is 0.286. The van der Waals surface area contributed by atoms with Crippen LogP contribution in [0.3, 0.4) is 0 Å². The van der Waals surface area contributed by atoms with Crippen molar-refractivity contribution in [1.82, 2.24) is 24.8 Å². The highest BCUT2D eigenvalue weighted by Crippen LogP contribution is 2.23. The van der Waals surface area contributed by atoms with Gasteiger partial charge in [-0.25, -0.2) is 9.66 Å². The summed E-state index contributed by atoms with van der Waals surface area (Å²) in [4.78, 5) is 6.88. The molecule has 2 heterocycles. The molecular formula is C14H16N6S. The van der Waals surface area contributed by atoms with Crippen LogP contribution in [0.4, 0.5) is 0 Å². The second-order valence-electron chi connectivity index (χ2n) is 4.42. The van der Waals surface area contributed by atoms with Crippen molar-refractivity contribution in [2.75, 3.05) is 13.1 Å². The first kappa shape index (κ1) is 13.7. The van der Waals surface area contributed by atoms with Gasteiger partial charge in [0.15, 0.2) is 10.8 Å². The molecule has 0 N–H and O–H groups in total. The molecule has 3 aromatic rings. The SMILES string of the molecule is CCN(CC)/C(=N/n1cnnc1)c1nc2ccccc2s1. The monoisotopic (exact) mass is 300 g/mol. The molecule has 0 fully saturated rings. The van der Waals surface area contributed by atoms with E-state index in [9.17, 15) is 0 Å². The van der Waals surface area contributed by atoms with Crippen LogP contribution in [0, 0.1) is 0 Å². The van der Waals surface area contributed by atoms with E-state index in [-0.39, 0.29) is 0 Å². The highest BCUT2D eigenvalue weighted by Gasteiger charge is 2.16. The van der Waals surface area contributed by atoms with Crippen LogP contribution in [0.5, 0.6) is 0 Å². The molecule has 3 rings (SSSR count). The summed E-state index contributed by atoms with van der Waals surface area (Å²) in [7, 11) is 0. The summed E-state index contributed by atoms with van der Waals surface area (Å²) in [5, 5.41) is 13.1. The van der Waals surface area contributed by atoms with Gasteiger partial charge in [-0.1, -0.05) is 12.1 Å². The van der Waals surface area contributed by atoms with Crippen LogP contribution in [0.1, 0.15) is 18.9 Å². The number of aromatic nitrogens is 4. The van der Waals surface area contributed by atoms with Gasteiger partial charge in [-0.15, -0.1) is 26.6 Å². The summed E-state index contributed by atoms with van der Waals surface area (Å²) in [6.45, 7) is 5.96. The summed E-state index contributed by atoms with van der Waals surface area (Å²) >= 11 is 1.65. The molecule has 21 heavy (non-hydrogen) atoms. The Morgan fingerprint density at radius 3 is 2.57 bits per heavy atom. The molecule has 0 unspecified atom stereocenters. The fourth-order valence-corrected chi connectivity index (χ4v) is 3.07. The van der Waals surface area contributed by atoms with E-state index in [0.717, 1.165) is 34.1 Å². The van der Waals surface area contributed by atoms with E-state index in [1.807, 2.05) is 18.2 Å². The van der Waals surface area contributed by atoms with E-state index >= 15 is 0 Å². The van der Waals surface area contributed by atoms with Gasteiger partial charge >= 0.3 is 0 Å². The minimum absolute atomic E-state index is 0.848.